The van der Waals surface area contributed by atoms with Gasteiger partial charge in [0, 0.05) is 25.9 Å². The van der Waals surface area contributed by atoms with Gasteiger partial charge in [0.15, 0.2) is 5.82 Å². The van der Waals surface area contributed by atoms with Crippen LogP contribution in [0.3, 0.4) is 0 Å². The average molecular weight is 243 g/mol. The molecule has 0 atom stereocenters. The van der Waals surface area contributed by atoms with E-state index in [0.29, 0.717) is 13.2 Å². The van der Waals surface area contributed by atoms with Gasteiger partial charge in [-0.2, -0.15) is 0 Å². The summed E-state index contributed by atoms with van der Waals surface area (Å²) in [6.07, 6.45) is 3.67. The topological polar surface area (TPSA) is 56.2 Å². The third kappa shape index (κ3) is 1.84. The summed E-state index contributed by atoms with van der Waals surface area (Å²) >= 11 is 0. The van der Waals surface area contributed by atoms with Crippen LogP contribution in [0.4, 0.5) is 0 Å². The molecule has 0 radical (unpaired) electrons. The molecule has 1 aliphatic rings. The molecule has 0 aliphatic carbocycles. The van der Waals surface area contributed by atoms with Crippen molar-refractivity contribution in [1.82, 2.24) is 14.9 Å². The van der Waals surface area contributed by atoms with E-state index in [2.05, 4.69) is 10.3 Å². The van der Waals surface area contributed by atoms with Crippen molar-refractivity contribution in [3.63, 3.8) is 0 Å². The van der Waals surface area contributed by atoms with E-state index in [0.717, 1.165) is 22.8 Å². The number of aromatic nitrogens is 2. The maximum atomic E-state index is 10.9. The zero-order valence-electron chi connectivity index (χ0n) is 10.0. The average Bonchev–Trinajstić information content (AvgIpc) is 2.84. The molecule has 0 saturated heterocycles. The fourth-order valence-electron chi connectivity index (χ4n) is 2.01. The maximum Gasteiger partial charge on any atom is 0.217 e. The lowest BCUT2D eigenvalue weighted by atomic mass is 10.1. The zero-order chi connectivity index (χ0) is 12.5. The first-order chi connectivity index (χ1) is 8.74. The van der Waals surface area contributed by atoms with Crippen molar-refractivity contribution >= 4 is 5.91 Å². The lowest BCUT2D eigenvalue weighted by molar-refractivity contribution is -0.119. The van der Waals surface area contributed by atoms with Gasteiger partial charge in [0.05, 0.1) is 5.69 Å². The Labute approximate surface area is 104 Å². The molecule has 2 aromatic rings. The summed E-state index contributed by atoms with van der Waals surface area (Å²) in [5, 5.41) is 2.78. The summed E-state index contributed by atoms with van der Waals surface area (Å²) in [5.74, 6) is 1.69. The number of benzene rings is 1. The maximum absolute atomic E-state index is 10.9. The standard InChI is InChI=1S/C13H13N3O2/c1-9(17)15-7-10-2-3-12-11(6-10)16-5-4-14-13(16)8-18-12/h2-6H,7-8H2,1H3,(H,15,17). The Morgan fingerprint density at radius 3 is 3.28 bits per heavy atom. The fourth-order valence-corrected chi connectivity index (χ4v) is 2.01. The number of imidazole rings is 1. The molecule has 0 unspecified atom stereocenters. The number of hydrogen-bond acceptors (Lipinski definition) is 3. The minimum atomic E-state index is -0.0349. The van der Waals surface area contributed by atoms with E-state index in [1.54, 1.807) is 6.20 Å². The molecule has 0 saturated carbocycles. The van der Waals surface area contributed by atoms with Crippen molar-refractivity contribution in [2.24, 2.45) is 0 Å². The Bertz CT molecular complexity index is 604. The molecule has 2 heterocycles. The number of rotatable bonds is 2. The van der Waals surface area contributed by atoms with Crippen molar-refractivity contribution in [3.8, 4) is 11.4 Å². The molecule has 1 aliphatic heterocycles. The van der Waals surface area contributed by atoms with Gasteiger partial charge in [-0.15, -0.1) is 0 Å². The Hall–Kier alpha value is -2.30. The first kappa shape index (κ1) is 10.8. The first-order valence-electron chi connectivity index (χ1n) is 5.77. The van der Waals surface area contributed by atoms with Crippen LogP contribution in [0.15, 0.2) is 30.6 Å². The number of nitrogens with zero attached hydrogens (tertiary/aromatic N) is 2. The highest BCUT2D eigenvalue weighted by Gasteiger charge is 2.17. The van der Waals surface area contributed by atoms with Crippen LogP contribution in [0, 0.1) is 0 Å². The zero-order valence-corrected chi connectivity index (χ0v) is 10.0. The number of nitrogens with one attached hydrogen (secondary N) is 1. The highest BCUT2D eigenvalue weighted by molar-refractivity contribution is 5.72. The van der Waals surface area contributed by atoms with Gasteiger partial charge in [0.1, 0.15) is 12.4 Å². The van der Waals surface area contributed by atoms with Crippen molar-refractivity contribution in [2.45, 2.75) is 20.1 Å². The molecule has 1 aromatic carbocycles. The Morgan fingerprint density at radius 2 is 2.44 bits per heavy atom. The lowest BCUT2D eigenvalue weighted by Gasteiger charge is -2.20. The molecule has 92 valence electrons. The van der Waals surface area contributed by atoms with Crippen LogP contribution in [0.1, 0.15) is 18.3 Å². The molecule has 1 amide bonds. The first-order valence-corrected chi connectivity index (χ1v) is 5.77. The van der Waals surface area contributed by atoms with Crippen molar-refractivity contribution in [3.05, 3.63) is 42.0 Å². The van der Waals surface area contributed by atoms with E-state index >= 15 is 0 Å². The summed E-state index contributed by atoms with van der Waals surface area (Å²) in [4.78, 5) is 15.1. The summed E-state index contributed by atoms with van der Waals surface area (Å²) in [5.41, 5.74) is 2.01. The minimum absolute atomic E-state index is 0.0349. The van der Waals surface area contributed by atoms with Gasteiger partial charge in [-0.3, -0.25) is 9.36 Å². The van der Waals surface area contributed by atoms with Crippen LogP contribution < -0.4 is 10.1 Å². The lowest BCUT2D eigenvalue weighted by Crippen LogP contribution is -2.19. The molecule has 0 bridgehead atoms. The summed E-state index contributed by atoms with van der Waals surface area (Å²) in [6.45, 7) is 2.52. The van der Waals surface area contributed by atoms with Gasteiger partial charge in [0.25, 0.3) is 0 Å². The van der Waals surface area contributed by atoms with E-state index in [1.807, 2.05) is 29.0 Å². The largest absolute Gasteiger partial charge is 0.483 e. The molecular formula is C13H13N3O2. The molecule has 0 spiro atoms. The Kier molecular flexibility index (Phi) is 2.51. The van der Waals surface area contributed by atoms with Crippen molar-refractivity contribution in [1.29, 1.82) is 0 Å². The van der Waals surface area contributed by atoms with Gasteiger partial charge in [0.2, 0.25) is 5.91 Å². The Balaban J connectivity index is 1.95. The third-order valence-corrected chi connectivity index (χ3v) is 2.90. The molecule has 5 nitrogen and oxygen atoms in total. The fraction of sp³-hybridized carbons (Fsp3) is 0.231. The molecule has 1 N–H and O–H groups in total. The van der Waals surface area contributed by atoms with Crippen LogP contribution in [0.25, 0.3) is 5.69 Å². The molecular weight excluding hydrogens is 230 g/mol. The molecule has 1 aromatic heterocycles. The summed E-state index contributed by atoms with van der Waals surface area (Å²) in [6, 6.07) is 5.89. The Morgan fingerprint density at radius 1 is 1.56 bits per heavy atom. The second-order valence-corrected chi connectivity index (χ2v) is 4.21. The quantitative estimate of drug-likeness (QED) is 0.867. The normalized spacial score (nSPS) is 12.3. The highest BCUT2D eigenvalue weighted by atomic mass is 16.5. The number of carbonyl (C=O) groups is 1. The third-order valence-electron chi connectivity index (χ3n) is 2.90. The van der Waals surface area contributed by atoms with Crippen molar-refractivity contribution < 1.29 is 9.53 Å². The highest BCUT2D eigenvalue weighted by Crippen LogP contribution is 2.29. The number of carbonyl (C=O) groups excluding carboxylic acids is 1. The molecule has 18 heavy (non-hydrogen) atoms. The monoisotopic (exact) mass is 243 g/mol. The van der Waals surface area contributed by atoms with E-state index in [1.165, 1.54) is 6.92 Å². The number of ether oxygens (including phenoxy) is 1. The van der Waals surface area contributed by atoms with Gasteiger partial charge < -0.3 is 10.1 Å². The van der Waals surface area contributed by atoms with Crippen molar-refractivity contribution in [2.75, 3.05) is 0 Å². The minimum Gasteiger partial charge on any atom is -0.483 e. The van der Waals surface area contributed by atoms with E-state index in [4.69, 9.17) is 4.74 Å². The molecule has 5 heteroatoms. The van der Waals surface area contributed by atoms with Crippen LogP contribution >= 0.6 is 0 Å². The van der Waals surface area contributed by atoms with Crippen LogP contribution in [-0.4, -0.2) is 15.5 Å². The smallest absolute Gasteiger partial charge is 0.217 e. The number of fused-ring (bicyclic) bond motifs is 3. The van der Waals surface area contributed by atoms with E-state index in [-0.39, 0.29) is 5.91 Å². The SMILES string of the molecule is CC(=O)NCc1ccc2c(c1)-n1ccnc1CO2. The van der Waals surface area contributed by atoms with E-state index < -0.39 is 0 Å². The number of amides is 1. The van der Waals surface area contributed by atoms with Gasteiger partial charge in [-0.05, 0) is 17.7 Å². The van der Waals surface area contributed by atoms with Gasteiger partial charge in [-0.25, -0.2) is 4.98 Å². The summed E-state index contributed by atoms with van der Waals surface area (Å²) < 4.78 is 7.63. The van der Waals surface area contributed by atoms with Gasteiger partial charge >= 0.3 is 0 Å². The number of hydrogen-bond donors (Lipinski definition) is 1. The summed E-state index contributed by atoms with van der Waals surface area (Å²) in [7, 11) is 0. The van der Waals surface area contributed by atoms with Crippen LogP contribution in [0.2, 0.25) is 0 Å². The van der Waals surface area contributed by atoms with Crippen LogP contribution in [-0.2, 0) is 17.9 Å². The van der Waals surface area contributed by atoms with E-state index in [9.17, 15) is 4.79 Å². The van der Waals surface area contributed by atoms with Crippen LogP contribution in [0.5, 0.6) is 5.75 Å². The second-order valence-electron chi connectivity index (χ2n) is 4.21. The predicted octanol–water partition coefficient (Wildman–Crippen LogP) is 1.40. The predicted molar refractivity (Wildman–Crippen MR) is 65.4 cm³/mol. The van der Waals surface area contributed by atoms with Gasteiger partial charge in [-0.1, -0.05) is 6.07 Å². The molecule has 0 fully saturated rings. The second kappa shape index (κ2) is 4.18. The molecule has 3 rings (SSSR count).